The molecule has 1 fully saturated rings. The van der Waals surface area contributed by atoms with Crippen LogP contribution in [0.15, 0.2) is 18.5 Å². The summed E-state index contributed by atoms with van der Waals surface area (Å²) in [4.78, 5) is 17.6. The SMILES string of the molecule is CN(CC1CCCCN1)C(=O)c1ccncc1O. The zero-order valence-corrected chi connectivity index (χ0v) is 10.6. The Kier molecular flexibility index (Phi) is 4.15. The van der Waals surface area contributed by atoms with E-state index < -0.39 is 0 Å². The van der Waals surface area contributed by atoms with Crippen LogP contribution in [0.3, 0.4) is 0 Å². The van der Waals surface area contributed by atoms with Gasteiger partial charge in [-0.15, -0.1) is 0 Å². The average Bonchev–Trinajstić information content (AvgIpc) is 2.39. The van der Waals surface area contributed by atoms with Crippen LogP contribution in [0.2, 0.25) is 0 Å². The summed E-state index contributed by atoms with van der Waals surface area (Å²) in [6.45, 7) is 1.69. The number of amides is 1. The maximum Gasteiger partial charge on any atom is 0.257 e. The van der Waals surface area contributed by atoms with E-state index in [0.29, 0.717) is 18.2 Å². The number of nitrogens with one attached hydrogen (secondary N) is 1. The van der Waals surface area contributed by atoms with Gasteiger partial charge >= 0.3 is 0 Å². The number of carbonyl (C=O) groups is 1. The summed E-state index contributed by atoms with van der Waals surface area (Å²) in [6.07, 6.45) is 6.32. The van der Waals surface area contributed by atoms with Gasteiger partial charge in [0.15, 0.2) is 0 Å². The molecule has 1 atom stereocenters. The highest BCUT2D eigenvalue weighted by atomic mass is 16.3. The quantitative estimate of drug-likeness (QED) is 0.839. The van der Waals surface area contributed by atoms with E-state index in [0.717, 1.165) is 13.0 Å². The number of piperidine rings is 1. The molecule has 2 heterocycles. The van der Waals surface area contributed by atoms with E-state index in [4.69, 9.17) is 0 Å². The number of hydrogen-bond donors (Lipinski definition) is 2. The summed E-state index contributed by atoms with van der Waals surface area (Å²) in [6, 6.07) is 1.90. The summed E-state index contributed by atoms with van der Waals surface area (Å²) in [5.41, 5.74) is 0.309. The molecule has 1 aliphatic heterocycles. The summed E-state index contributed by atoms with van der Waals surface area (Å²) in [7, 11) is 1.76. The highest BCUT2D eigenvalue weighted by molar-refractivity contribution is 5.96. The fourth-order valence-corrected chi connectivity index (χ4v) is 2.27. The Balaban J connectivity index is 1.98. The van der Waals surface area contributed by atoms with Gasteiger partial charge in [-0.1, -0.05) is 6.42 Å². The molecule has 0 spiro atoms. The Morgan fingerprint density at radius 3 is 3.11 bits per heavy atom. The third-order valence-electron chi connectivity index (χ3n) is 3.28. The van der Waals surface area contributed by atoms with E-state index >= 15 is 0 Å². The number of carbonyl (C=O) groups excluding carboxylic acids is 1. The van der Waals surface area contributed by atoms with Gasteiger partial charge in [0.2, 0.25) is 0 Å². The first kappa shape index (κ1) is 12.8. The Labute approximate surface area is 107 Å². The van der Waals surface area contributed by atoms with Gasteiger partial charge < -0.3 is 15.3 Å². The monoisotopic (exact) mass is 249 g/mol. The third-order valence-corrected chi connectivity index (χ3v) is 3.28. The molecule has 2 N–H and O–H groups in total. The van der Waals surface area contributed by atoms with E-state index in [9.17, 15) is 9.90 Å². The normalized spacial score (nSPS) is 19.5. The van der Waals surface area contributed by atoms with E-state index in [1.807, 2.05) is 0 Å². The maximum atomic E-state index is 12.1. The van der Waals surface area contributed by atoms with E-state index in [1.54, 1.807) is 18.0 Å². The molecule has 1 amide bonds. The molecule has 1 saturated heterocycles. The number of rotatable bonds is 3. The van der Waals surface area contributed by atoms with Crippen molar-refractivity contribution in [1.82, 2.24) is 15.2 Å². The Hall–Kier alpha value is -1.62. The number of aromatic hydroxyl groups is 1. The third kappa shape index (κ3) is 2.98. The van der Waals surface area contributed by atoms with Crippen LogP contribution in [0.4, 0.5) is 0 Å². The van der Waals surface area contributed by atoms with Crippen molar-refractivity contribution in [3.8, 4) is 5.75 Å². The van der Waals surface area contributed by atoms with E-state index in [-0.39, 0.29) is 11.7 Å². The molecule has 18 heavy (non-hydrogen) atoms. The number of likely N-dealkylation sites (N-methyl/N-ethyl adjacent to an activating group) is 1. The standard InChI is InChI=1S/C13H19N3O2/c1-16(9-10-4-2-3-6-15-10)13(18)11-5-7-14-8-12(11)17/h5,7-8,10,15,17H,2-4,6,9H2,1H3. The zero-order valence-electron chi connectivity index (χ0n) is 10.6. The number of aromatic nitrogens is 1. The van der Waals surface area contributed by atoms with Crippen molar-refractivity contribution in [3.63, 3.8) is 0 Å². The van der Waals surface area contributed by atoms with Crippen LogP contribution in [0.25, 0.3) is 0 Å². The van der Waals surface area contributed by atoms with Gasteiger partial charge in [0.1, 0.15) is 5.75 Å². The Morgan fingerprint density at radius 1 is 1.61 bits per heavy atom. The lowest BCUT2D eigenvalue weighted by molar-refractivity contribution is 0.0772. The predicted octanol–water partition coefficient (Wildman–Crippen LogP) is 1.00. The van der Waals surface area contributed by atoms with Crippen LogP contribution in [-0.2, 0) is 0 Å². The van der Waals surface area contributed by atoms with Crippen LogP contribution < -0.4 is 5.32 Å². The molecule has 0 aromatic carbocycles. The topological polar surface area (TPSA) is 65.5 Å². The first-order valence-electron chi connectivity index (χ1n) is 6.30. The minimum atomic E-state index is -0.165. The van der Waals surface area contributed by atoms with E-state index in [2.05, 4.69) is 10.3 Å². The van der Waals surface area contributed by atoms with Crippen LogP contribution in [0.1, 0.15) is 29.6 Å². The van der Waals surface area contributed by atoms with E-state index in [1.165, 1.54) is 25.2 Å². The zero-order chi connectivity index (χ0) is 13.0. The molecule has 1 aromatic heterocycles. The van der Waals surface area contributed by atoms with Crippen LogP contribution >= 0.6 is 0 Å². The van der Waals surface area contributed by atoms with Gasteiger partial charge in [-0.05, 0) is 25.5 Å². The van der Waals surface area contributed by atoms with Gasteiger partial charge in [0.05, 0.1) is 11.8 Å². The molecule has 98 valence electrons. The highest BCUT2D eigenvalue weighted by Gasteiger charge is 2.20. The molecule has 1 aliphatic rings. The van der Waals surface area contributed by atoms with Gasteiger partial charge in [-0.2, -0.15) is 0 Å². The predicted molar refractivity (Wildman–Crippen MR) is 68.5 cm³/mol. The minimum absolute atomic E-state index is 0.0639. The summed E-state index contributed by atoms with van der Waals surface area (Å²) < 4.78 is 0. The second-order valence-corrected chi connectivity index (χ2v) is 4.73. The molecule has 0 aliphatic carbocycles. The van der Waals surface area contributed by atoms with Gasteiger partial charge in [-0.3, -0.25) is 9.78 Å². The fourth-order valence-electron chi connectivity index (χ4n) is 2.27. The van der Waals surface area contributed by atoms with Crippen molar-refractivity contribution in [2.24, 2.45) is 0 Å². The van der Waals surface area contributed by atoms with Crippen LogP contribution in [0, 0.1) is 0 Å². The molecule has 0 saturated carbocycles. The van der Waals surface area contributed by atoms with Gasteiger partial charge in [-0.25, -0.2) is 0 Å². The van der Waals surface area contributed by atoms with Crippen molar-refractivity contribution in [2.45, 2.75) is 25.3 Å². The molecule has 5 nitrogen and oxygen atoms in total. The molecule has 5 heteroatoms. The summed E-state index contributed by atoms with van der Waals surface area (Å²) >= 11 is 0. The molecular weight excluding hydrogens is 230 g/mol. The molecule has 1 unspecified atom stereocenters. The minimum Gasteiger partial charge on any atom is -0.505 e. The van der Waals surface area contributed by atoms with Crippen molar-refractivity contribution in [3.05, 3.63) is 24.0 Å². The van der Waals surface area contributed by atoms with Crippen molar-refractivity contribution >= 4 is 5.91 Å². The first-order valence-corrected chi connectivity index (χ1v) is 6.30. The van der Waals surface area contributed by atoms with Crippen LogP contribution in [0.5, 0.6) is 5.75 Å². The number of pyridine rings is 1. The molecule has 2 rings (SSSR count). The second-order valence-electron chi connectivity index (χ2n) is 4.73. The Bertz CT molecular complexity index is 416. The van der Waals surface area contributed by atoms with Gasteiger partial charge in [0, 0.05) is 25.8 Å². The molecule has 0 radical (unpaired) electrons. The average molecular weight is 249 g/mol. The molecular formula is C13H19N3O2. The lowest BCUT2D eigenvalue weighted by Crippen LogP contribution is -2.44. The number of hydrogen-bond acceptors (Lipinski definition) is 4. The largest absolute Gasteiger partial charge is 0.505 e. The Morgan fingerprint density at radius 2 is 2.44 bits per heavy atom. The van der Waals surface area contributed by atoms with Gasteiger partial charge in [0.25, 0.3) is 5.91 Å². The lowest BCUT2D eigenvalue weighted by atomic mass is 10.0. The molecule has 0 bridgehead atoms. The lowest BCUT2D eigenvalue weighted by Gasteiger charge is -2.28. The fraction of sp³-hybridized carbons (Fsp3) is 0.538. The molecule has 1 aromatic rings. The van der Waals surface area contributed by atoms with Crippen molar-refractivity contribution in [2.75, 3.05) is 20.1 Å². The number of nitrogens with zero attached hydrogens (tertiary/aromatic N) is 2. The summed E-state index contributed by atoms with van der Waals surface area (Å²) in [5.74, 6) is -0.228. The van der Waals surface area contributed by atoms with Crippen LogP contribution in [-0.4, -0.2) is 47.1 Å². The van der Waals surface area contributed by atoms with Crippen molar-refractivity contribution < 1.29 is 9.90 Å². The second kappa shape index (κ2) is 5.82. The maximum absolute atomic E-state index is 12.1. The first-order chi connectivity index (χ1) is 8.68. The highest BCUT2D eigenvalue weighted by Crippen LogP contribution is 2.16. The smallest absolute Gasteiger partial charge is 0.257 e. The summed E-state index contributed by atoms with van der Waals surface area (Å²) in [5, 5.41) is 13.0. The van der Waals surface area contributed by atoms with Crippen molar-refractivity contribution in [1.29, 1.82) is 0 Å².